The van der Waals surface area contributed by atoms with Crippen LogP contribution in [0.25, 0.3) is 0 Å². The SMILES string of the molecule is OC12CCCC1NCC2. The molecule has 2 rings (SSSR count). The van der Waals surface area contributed by atoms with Crippen molar-refractivity contribution < 1.29 is 5.11 Å². The summed E-state index contributed by atoms with van der Waals surface area (Å²) in [5.41, 5.74) is -0.306. The maximum Gasteiger partial charge on any atom is 0.0812 e. The monoisotopic (exact) mass is 127 g/mol. The molecular formula is C7H13NO. The molecule has 1 aliphatic heterocycles. The van der Waals surface area contributed by atoms with E-state index >= 15 is 0 Å². The largest absolute Gasteiger partial charge is 0.388 e. The van der Waals surface area contributed by atoms with Crippen LogP contribution in [0.3, 0.4) is 0 Å². The van der Waals surface area contributed by atoms with Gasteiger partial charge in [0.15, 0.2) is 0 Å². The highest BCUT2D eigenvalue weighted by atomic mass is 16.3. The van der Waals surface area contributed by atoms with E-state index < -0.39 is 0 Å². The third-order valence-electron chi connectivity index (χ3n) is 2.70. The van der Waals surface area contributed by atoms with Crippen LogP contribution in [0.4, 0.5) is 0 Å². The Morgan fingerprint density at radius 3 is 3.11 bits per heavy atom. The molecule has 2 atom stereocenters. The van der Waals surface area contributed by atoms with Gasteiger partial charge in [-0.2, -0.15) is 0 Å². The van der Waals surface area contributed by atoms with E-state index in [1.165, 1.54) is 12.8 Å². The first-order valence-corrected chi connectivity index (χ1v) is 3.77. The molecule has 0 aromatic heterocycles. The minimum absolute atomic E-state index is 0.306. The quantitative estimate of drug-likeness (QED) is 0.489. The van der Waals surface area contributed by atoms with Gasteiger partial charge < -0.3 is 10.4 Å². The van der Waals surface area contributed by atoms with Crippen LogP contribution in [0.2, 0.25) is 0 Å². The van der Waals surface area contributed by atoms with E-state index in [4.69, 9.17) is 0 Å². The molecule has 2 nitrogen and oxygen atoms in total. The van der Waals surface area contributed by atoms with Crippen LogP contribution in [0.5, 0.6) is 0 Å². The molecule has 1 aliphatic carbocycles. The maximum absolute atomic E-state index is 9.77. The zero-order valence-electron chi connectivity index (χ0n) is 5.56. The first-order chi connectivity index (χ1) is 4.31. The average Bonchev–Trinajstić information content (AvgIpc) is 2.22. The van der Waals surface area contributed by atoms with Gasteiger partial charge in [-0.25, -0.2) is 0 Å². The fraction of sp³-hybridized carbons (Fsp3) is 1.00. The van der Waals surface area contributed by atoms with Gasteiger partial charge in [-0.05, 0) is 32.2 Å². The van der Waals surface area contributed by atoms with E-state index in [0.717, 1.165) is 19.4 Å². The molecule has 9 heavy (non-hydrogen) atoms. The van der Waals surface area contributed by atoms with Gasteiger partial charge >= 0.3 is 0 Å². The van der Waals surface area contributed by atoms with Crippen LogP contribution in [0, 0.1) is 0 Å². The maximum atomic E-state index is 9.77. The molecule has 2 heteroatoms. The van der Waals surface area contributed by atoms with Gasteiger partial charge in [0.1, 0.15) is 0 Å². The van der Waals surface area contributed by atoms with Crippen molar-refractivity contribution in [1.29, 1.82) is 0 Å². The molecule has 0 aromatic rings. The van der Waals surface area contributed by atoms with E-state index in [2.05, 4.69) is 5.32 Å². The van der Waals surface area contributed by atoms with Crippen LogP contribution in [-0.4, -0.2) is 23.3 Å². The predicted molar refractivity (Wildman–Crippen MR) is 35.2 cm³/mol. The van der Waals surface area contributed by atoms with Crippen molar-refractivity contribution in [1.82, 2.24) is 5.32 Å². The minimum atomic E-state index is -0.306. The van der Waals surface area contributed by atoms with Crippen LogP contribution in [0.1, 0.15) is 25.7 Å². The second-order valence-corrected chi connectivity index (χ2v) is 3.25. The van der Waals surface area contributed by atoms with Gasteiger partial charge in [-0.3, -0.25) is 0 Å². The molecular weight excluding hydrogens is 114 g/mol. The van der Waals surface area contributed by atoms with Crippen molar-refractivity contribution >= 4 is 0 Å². The third-order valence-corrected chi connectivity index (χ3v) is 2.70. The van der Waals surface area contributed by atoms with Crippen molar-refractivity contribution in [3.63, 3.8) is 0 Å². The normalized spacial score (nSPS) is 49.7. The highest BCUT2D eigenvalue weighted by Crippen LogP contribution is 2.35. The Morgan fingerprint density at radius 2 is 2.33 bits per heavy atom. The fourth-order valence-corrected chi connectivity index (χ4v) is 2.11. The van der Waals surface area contributed by atoms with Crippen molar-refractivity contribution in [2.24, 2.45) is 0 Å². The average molecular weight is 127 g/mol. The van der Waals surface area contributed by atoms with Gasteiger partial charge in [0.25, 0.3) is 0 Å². The Kier molecular flexibility index (Phi) is 1.08. The summed E-state index contributed by atoms with van der Waals surface area (Å²) in [5.74, 6) is 0. The highest BCUT2D eigenvalue weighted by Gasteiger charge is 2.44. The lowest BCUT2D eigenvalue weighted by atomic mass is 9.99. The van der Waals surface area contributed by atoms with Crippen LogP contribution in [0.15, 0.2) is 0 Å². The summed E-state index contributed by atoms with van der Waals surface area (Å²) in [5, 5.41) is 13.1. The minimum Gasteiger partial charge on any atom is -0.388 e. The van der Waals surface area contributed by atoms with E-state index in [0.29, 0.717) is 6.04 Å². The molecule has 2 aliphatic rings. The van der Waals surface area contributed by atoms with Gasteiger partial charge in [0, 0.05) is 6.04 Å². The molecule has 1 heterocycles. The first-order valence-electron chi connectivity index (χ1n) is 3.77. The second-order valence-electron chi connectivity index (χ2n) is 3.25. The topological polar surface area (TPSA) is 32.3 Å². The van der Waals surface area contributed by atoms with E-state index in [9.17, 15) is 5.11 Å². The summed E-state index contributed by atoms with van der Waals surface area (Å²) in [6.45, 7) is 1.02. The molecule has 2 N–H and O–H groups in total. The van der Waals surface area contributed by atoms with E-state index in [1.54, 1.807) is 0 Å². The lowest BCUT2D eigenvalue weighted by molar-refractivity contribution is 0.0459. The number of rotatable bonds is 0. The number of aliphatic hydroxyl groups is 1. The molecule has 2 fully saturated rings. The summed E-state index contributed by atoms with van der Waals surface area (Å²) < 4.78 is 0. The van der Waals surface area contributed by atoms with Crippen molar-refractivity contribution in [3.05, 3.63) is 0 Å². The summed E-state index contributed by atoms with van der Waals surface area (Å²) in [6.07, 6.45) is 4.37. The van der Waals surface area contributed by atoms with Gasteiger partial charge in [0.2, 0.25) is 0 Å². The Balaban J connectivity index is 2.17. The fourth-order valence-electron chi connectivity index (χ4n) is 2.11. The Labute approximate surface area is 55.3 Å². The van der Waals surface area contributed by atoms with Crippen LogP contribution < -0.4 is 5.32 Å². The zero-order valence-corrected chi connectivity index (χ0v) is 5.56. The summed E-state index contributed by atoms with van der Waals surface area (Å²) in [6, 6.07) is 0.428. The number of fused-ring (bicyclic) bond motifs is 1. The van der Waals surface area contributed by atoms with Gasteiger partial charge in [-0.15, -0.1) is 0 Å². The number of nitrogens with one attached hydrogen (secondary N) is 1. The van der Waals surface area contributed by atoms with Crippen LogP contribution >= 0.6 is 0 Å². The molecule has 0 aromatic carbocycles. The van der Waals surface area contributed by atoms with E-state index in [1.807, 2.05) is 0 Å². The van der Waals surface area contributed by atoms with Gasteiger partial charge in [0.05, 0.1) is 5.60 Å². The molecule has 0 radical (unpaired) electrons. The molecule has 52 valence electrons. The van der Waals surface area contributed by atoms with Crippen molar-refractivity contribution in [2.45, 2.75) is 37.3 Å². The lowest BCUT2D eigenvalue weighted by Crippen LogP contribution is -2.36. The second kappa shape index (κ2) is 1.70. The standard InChI is InChI=1S/C7H13NO/c9-7-3-1-2-6(7)8-5-4-7/h6,8-9H,1-5H2. The Bertz CT molecular complexity index is 114. The van der Waals surface area contributed by atoms with Crippen molar-refractivity contribution in [3.8, 4) is 0 Å². The van der Waals surface area contributed by atoms with E-state index in [-0.39, 0.29) is 5.60 Å². The van der Waals surface area contributed by atoms with Crippen LogP contribution in [-0.2, 0) is 0 Å². The Morgan fingerprint density at radius 1 is 1.44 bits per heavy atom. The molecule has 1 saturated heterocycles. The summed E-state index contributed by atoms with van der Waals surface area (Å²) in [4.78, 5) is 0. The molecule has 0 amide bonds. The number of hydrogen-bond acceptors (Lipinski definition) is 2. The smallest absolute Gasteiger partial charge is 0.0812 e. The zero-order chi connectivity index (χ0) is 6.32. The molecule has 1 saturated carbocycles. The molecule has 2 unspecified atom stereocenters. The summed E-state index contributed by atoms with van der Waals surface area (Å²) >= 11 is 0. The first kappa shape index (κ1) is 5.69. The van der Waals surface area contributed by atoms with Gasteiger partial charge in [-0.1, -0.05) is 0 Å². The van der Waals surface area contributed by atoms with Crippen molar-refractivity contribution in [2.75, 3.05) is 6.54 Å². The summed E-state index contributed by atoms with van der Waals surface area (Å²) in [7, 11) is 0. The highest BCUT2D eigenvalue weighted by molar-refractivity contribution is 5.01. The third kappa shape index (κ3) is 0.700. The molecule has 0 bridgehead atoms. The lowest BCUT2D eigenvalue weighted by Gasteiger charge is -2.20. The number of hydrogen-bond donors (Lipinski definition) is 2. The Hall–Kier alpha value is -0.0800. The predicted octanol–water partition coefficient (Wildman–Crippen LogP) is 0.263. The molecule has 0 spiro atoms.